The van der Waals surface area contributed by atoms with Crippen molar-refractivity contribution in [3.8, 4) is 0 Å². The average Bonchev–Trinajstić information content (AvgIpc) is 2.97. The summed E-state index contributed by atoms with van der Waals surface area (Å²) in [6.07, 6.45) is -1.13. The SMILES string of the molecule is CC[N+](CC)(CC)[C@H]1c2ccccc2N(S(=O)(=O)c2ccc(C)cc2)[C@@H]1O.[Br-]. The van der Waals surface area contributed by atoms with Crippen molar-refractivity contribution in [3.63, 3.8) is 0 Å². The van der Waals surface area contributed by atoms with Gasteiger partial charge in [0.25, 0.3) is 10.0 Å². The van der Waals surface area contributed by atoms with E-state index >= 15 is 0 Å². The normalized spacial score (nSPS) is 19.2. The molecule has 5 nitrogen and oxygen atoms in total. The highest BCUT2D eigenvalue weighted by atomic mass is 79.9. The number of anilines is 1. The Kier molecular flexibility index (Phi) is 6.97. The summed E-state index contributed by atoms with van der Waals surface area (Å²) in [6, 6.07) is 13.9. The molecule has 0 radical (unpaired) electrons. The molecule has 7 heteroatoms. The third kappa shape index (κ3) is 3.49. The molecule has 1 aliphatic heterocycles. The van der Waals surface area contributed by atoms with Crippen molar-refractivity contribution in [2.75, 3.05) is 23.9 Å². The van der Waals surface area contributed by atoms with E-state index in [0.29, 0.717) is 10.2 Å². The smallest absolute Gasteiger partial charge is 0.266 e. The van der Waals surface area contributed by atoms with Gasteiger partial charge in [0, 0.05) is 5.56 Å². The lowest BCUT2D eigenvalue weighted by Crippen LogP contribution is -3.00. The molecule has 0 saturated carbocycles. The van der Waals surface area contributed by atoms with Gasteiger partial charge in [0.2, 0.25) is 0 Å². The zero-order valence-electron chi connectivity index (χ0n) is 16.8. The molecule has 154 valence electrons. The maximum Gasteiger partial charge on any atom is 0.266 e. The molecular weight excluding hydrogens is 440 g/mol. The van der Waals surface area contributed by atoms with Crippen LogP contribution in [0.4, 0.5) is 5.69 Å². The van der Waals surface area contributed by atoms with Gasteiger partial charge in [-0.05, 0) is 45.9 Å². The van der Waals surface area contributed by atoms with Gasteiger partial charge in [0.05, 0.1) is 30.2 Å². The maximum atomic E-state index is 13.4. The lowest BCUT2D eigenvalue weighted by molar-refractivity contribution is -0.955. The third-order valence-electron chi connectivity index (χ3n) is 6.07. The molecule has 0 bridgehead atoms. The summed E-state index contributed by atoms with van der Waals surface area (Å²) < 4.78 is 28.7. The molecule has 0 unspecified atom stereocenters. The van der Waals surface area contributed by atoms with Gasteiger partial charge in [-0.3, -0.25) is 0 Å². The third-order valence-corrected chi connectivity index (χ3v) is 7.87. The fourth-order valence-corrected chi connectivity index (χ4v) is 5.84. The number of aliphatic hydroxyl groups excluding tert-OH is 1. The fourth-order valence-electron chi connectivity index (χ4n) is 4.30. The van der Waals surface area contributed by atoms with Crippen molar-refractivity contribution in [3.05, 3.63) is 59.7 Å². The van der Waals surface area contributed by atoms with Gasteiger partial charge in [-0.25, -0.2) is 12.7 Å². The number of nitrogens with zero attached hydrogens (tertiary/aromatic N) is 2. The summed E-state index contributed by atoms with van der Waals surface area (Å²) >= 11 is 0. The van der Waals surface area contributed by atoms with Crippen LogP contribution in [0.1, 0.15) is 37.9 Å². The number of hydrogen-bond donors (Lipinski definition) is 1. The van der Waals surface area contributed by atoms with Gasteiger partial charge >= 0.3 is 0 Å². The molecule has 2 aromatic carbocycles. The summed E-state index contributed by atoms with van der Waals surface area (Å²) in [5.41, 5.74) is 2.47. The number of sulfonamides is 1. The summed E-state index contributed by atoms with van der Waals surface area (Å²) in [5, 5.41) is 11.3. The Hall–Kier alpha value is -1.41. The van der Waals surface area contributed by atoms with Gasteiger partial charge in [-0.2, -0.15) is 0 Å². The van der Waals surface area contributed by atoms with Crippen molar-refractivity contribution in [2.24, 2.45) is 0 Å². The number of benzene rings is 2. The van der Waals surface area contributed by atoms with Crippen LogP contribution in [-0.2, 0) is 10.0 Å². The number of rotatable bonds is 6. The van der Waals surface area contributed by atoms with E-state index in [4.69, 9.17) is 0 Å². The minimum absolute atomic E-state index is 0. The van der Waals surface area contributed by atoms with Gasteiger partial charge in [-0.1, -0.05) is 35.9 Å². The van der Waals surface area contributed by atoms with E-state index in [-0.39, 0.29) is 27.9 Å². The van der Waals surface area contributed by atoms with Gasteiger partial charge in [0.15, 0.2) is 12.3 Å². The predicted molar refractivity (Wildman–Crippen MR) is 108 cm³/mol. The highest BCUT2D eigenvalue weighted by molar-refractivity contribution is 7.92. The van der Waals surface area contributed by atoms with Crippen LogP contribution in [0, 0.1) is 6.92 Å². The first kappa shape index (κ1) is 22.9. The maximum absolute atomic E-state index is 13.4. The molecule has 0 spiro atoms. The summed E-state index contributed by atoms with van der Waals surface area (Å²) in [6.45, 7) is 10.7. The van der Waals surface area contributed by atoms with E-state index in [0.717, 1.165) is 30.8 Å². The lowest BCUT2D eigenvalue weighted by Gasteiger charge is -2.43. The molecule has 0 aromatic heterocycles. The highest BCUT2D eigenvalue weighted by Gasteiger charge is 2.52. The monoisotopic (exact) mass is 468 g/mol. The molecule has 28 heavy (non-hydrogen) atoms. The van der Waals surface area contributed by atoms with Crippen LogP contribution in [0.3, 0.4) is 0 Å². The van der Waals surface area contributed by atoms with E-state index in [1.165, 1.54) is 4.31 Å². The van der Waals surface area contributed by atoms with Crippen molar-refractivity contribution in [1.82, 2.24) is 0 Å². The number of hydrogen-bond acceptors (Lipinski definition) is 3. The van der Waals surface area contributed by atoms with E-state index < -0.39 is 16.3 Å². The van der Waals surface area contributed by atoms with Crippen LogP contribution in [0.5, 0.6) is 0 Å². The second kappa shape index (κ2) is 8.53. The van der Waals surface area contributed by atoms with Crippen LogP contribution >= 0.6 is 0 Å². The van der Waals surface area contributed by atoms with Gasteiger partial charge in [-0.15, -0.1) is 0 Å². The number of halogens is 1. The minimum atomic E-state index is -3.86. The molecule has 0 saturated heterocycles. The Balaban J connectivity index is 0.00000280. The molecule has 2 aromatic rings. The van der Waals surface area contributed by atoms with E-state index in [2.05, 4.69) is 20.8 Å². The Bertz CT molecular complexity index is 903. The molecule has 1 N–H and O–H groups in total. The van der Waals surface area contributed by atoms with E-state index in [9.17, 15) is 13.5 Å². The second-order valence-electron chi connectivity index (χ2n) is 7.20. The van der Waals surface area contributed by atoms with Gasteiger partial charge in [0.1, 0.15) is 0 Å². The van der Waals surface area contributed by atoms with Crippen LogP contribution < -0.4 is 21.3 Å². The minimum Gasteiger partial charge on any atom is -1.00 e. The predicted octanol–water partition coefficient (Wildman–Crippen LogP) is 0.444. The van der Waals surface area contributed by atoms with Crippen molar-refractivity contribution < 1.29 is 35.0 Å². The lowest BCUT2D eigenvalue weighted by atomic mass is 10.0. The van der Waals surface area contributed by atoms with Crippen LogP contribution in [0.2, 0.25) is 0 Å². The summed E-state index contributed by atoms with van der Waals surface area (Å²) in [5.74, 6) is 0. The number of fused-ring (bicyclic) bond motifs is 1. The Labute approximate surface area is 179 Å². The first-order valence-electron chi connectivity index (χ1n) is 9.56. The number of likely N-dealkylation sites (N-methyl/N-ethyl adjacent to an activating group) is 1. The zero-order valence-corrected chi connectivity index (χ0v) is 19.2. The van der Waals surface area contributed by atoms with Crippen LogP contribution in [-0.4, -0.2) is 43.9 Å². The van der Waals surface area contributed by atoms with Crippen molar-refractivity contribution in [1.29, 1.82) is 0 Å². The zero-order chi connectivity index (χ0) is 19.8. The first-order valence-corrected chi connectivity index (χ1v) is 11.0. The average molecular weight is 469 g/mol. The fraction of sp³-hybridized carbons (Fsp3) is 0.429. The van der Waals surface area contributed by atoms with Crippen molar-refractivity contribution in [2.45, 2.75) is 44.9 Å². The first-order chi connectivity index (χ1) is 12.8. The molecule has 0 amide bonds. The second-order valence-corrected chi connectivity index (χ2v) is 9.01. The molecule has 1 heterocycles. The highest BCUT2D eigenvalue weighted by Crippen LogP contribution is 2.47. The summed E-state index contributed by atoms with van der Waals surface area (Å²) in [4.78, 5) is 0.199. The van der Waals surface area contributed by atoms with Crippen LogP contribution in [0.15, 0.2) is 53.4 Å². The van der Waals surface area contributed by atoms with Gasteiger partial charge < -0.3 is 26.6 Å². The Morgan fingerprint density at radius 1 is 0.964 bits per heavy atom. The number of aryl methyl sites for hydroxylation is 1. The Morgan fingerprint density at radius 3 is 2.04 bits per heavy atom. The molecular formula is C21H29BrN2O3S. The molecule has 0 fully saturated rings. The number of quaternary nitrogens is 1. The molecule has 2 atom stereocenters. The standard InChI is InChI=1S/C21H29N2O3S.BrH/c1-5-23(6-2,7-3)20-18-10-8-9-11-19(18)22(21(20)24)27(25,26)17-14-12-16(4)13-15-17;/h8-15,20-21,24H,5-7H2,1-4H3;1H/q+1;/p-1/t20-,21+;/m0./s1. The van der Waals surface area contributed by atoms with E-state index in [1.807, 2.05) is 25.1 Å². The molecule has 1 aliphatic rings. The van der Waals surface area contributed by atoms with Crippen LogP contribution in [0.25, 0.3) is 0 Å². The largest absolute Gasteiger partial charge is 1.00 e. The molecule has 0 aliphatic carbocycles. The topological polar surface area (TPSA) is 57.6 Å². The van der Waals surface area contributed by atoms with E-state index in [1.54, 1.807) is 30.3 Å². The number of para-hydroxylation sites is 1. The molecule has 3 rings (SSSR count). The number of aliphatic hydroxyl groups is 1. The quantitative estimate of drug-likeness (QED) is 0.625. The summed E-state index contributed by atoms with van der Waals surface area (Å²) in [7, 11) is -3.86. The Morgan fingerprint density at radius 2 is 1.50 bits per heavy atom. The van der Waals surface area contributed by atoms with Crippen molar-refractivity contribution >= 4 is 15.7 Å².